The minimum absolute atomic E-state index is 0.0369. The van der Waals surface area contributed by atoms with Crippen LogP contribution in [0, 0.1) is 5.82 Å². The van der Waals surface area contributed by atoms with E-state index in [0.717, 1.165) is 25.0 Å². The van der Waals surface area contributed by atoms with E-state index >= 15 is 0 Å². The third-order valence-electron chi connectivity index (χ3n) is 2.21. The third kappa shape index (κ3) is 1.61. The lowest BCUT2D eigenvalue weighted by Gasteiger charge is -2.06. The minimum Gasteiger partial charge on any atom is -0.325 e. The van der Waals surface area contributed by atoms with Crippen LogP contribution >= 0.6 is 0 Å². The molecule has 1 saturated carbocycles. The average Bonchev–Trinajstić information content (AvgIpc) is 2.74. The van der Waals surface area contributed by atoms with Gasteiger partial charge in [0.25, 0.3) is 0 Å². The maximum absolute atomic E-state index is 12.4. The van der Waals surface area contributed by atoms with E-state index in [9.17, 15) is 4.39 Å². The normalized spacial score (nSPS) is 19.2. The Morgan fingerprint density at radius 1 is 1.50 bits per heavy atom. The van der Waals surface area contributed by atoms with Gasteiger partial charge in [0.1, 0.15) is 5.82 Å². The summed E-state index contributed by atoms with van der Waals surface area (Å²) >= 11 is 0. The fourth-order valence-electron chi connectivity index (χ4n) is 1.21. The first-order valence-electron chi connectivity index (χ1n) is 4.07. The molecule has 1 aliphatic rings. The summed E-state index contributed by atoms with van der Waals surface area (Å²) in [5.74, 6) is -0.291. The largest absolute Gasteiger partial charge is 0.325 e. The molecule has 64 valence electrons. The van der Waals surface area contributed by atoms with E-state index in [2.05, 4.69) is 4.98 Å². The molecule has 1 aromatic heterocycles. The van der Waals surface area contributed by atoms with E-state index in [1.807, 2.05) is 0 Å². The van der Waals surface area contributed by atoms with Crippen molar-refractivity contribution in [3.8, 4) is 0 Å². The Kier molecular flexibility index (Phi) is 1.61. The zero-order valence-corrected chi connectivity index (χ0v) is 6.76. The Hall–Kier alpha value is -0.960. The molecular weight excluding hydrogens is 155 g/mol. The summed E-state index contributed by atoms with van der Waals surface area (Å²) in [5, 5.41) is 0. The Bertz CT molecular complexity index is 277. The van der Waals surface area contributed by atoms with Crippen molar-refractivity contribution in [1.82, 2.24) is 4.98 Å². The summed E-state index contributed by atoms with van der Waals surface area (Å²) < 4.78 is 12.4. The van der Waals surface area contributed by atoms with E-state index in [0.29, 0.717) is 0 Å². The zero-order chi connectivity index (χ0) is 8.60. The molecule has 0 atom stereocenters. The van der Waals surface area contributed by atoms with Gasteiger partial charge in [-0.15, -0.1) is 0 Å². The van der Waals surface area contributed by atoms with Crippen molar-refractivity contribution in [2.75, 3.05) is 0 Å². The van der Waals surface area contributed by atoms with Crippen LogP contribution in [0.25, 0.3) is 0 Å². The SMILES string of the molecule is NC1(Cc2ccc(F)cn2)CC1. The van der Waals surface area contributed by atoms with E-state index in [4.69, 9.17) is 5.73 Å². The number of rotatable bonds is 2. The molecule has 0 saturated heterocycles. The Balaban J connectivity index is 2.08. The van der Waals surface area contributed by atoms with Crippen molar-refractivity contribution in [3.05, 3.63) is 29.8 Å². The smallest absolute Gasteiger partial charge is 0.141 e. The second kappa shape index (κ2) is 2.52. The molecule has 3 heteroatoms. The summed E-state index contributed by atoms with van der Waals surface area (Å²) in [7, 11) is 0. The van der Waals surface area contributed by atoms with Crippen LogP contribution in [-0.2, 0) is 6.42 Å². The number of hydrogen-bond acceptors (Lipinski definition) is 2. The van der Waals surface area contributed by atoms with Gasteiger partial charge in [0, 0.05) is 17.7 Å². The number of hydrogen-bond donors (Lipinski definition) is 1. The number of aromatic nitrogens is 1. The first kappa shape index (κ1) is 7.68. The highest BCUT2D eigenvalue weighted by Crippen LogP contribution is 2.34. The lowest BCUT2D eigenvalue weighted by atomic mass is 10.1. The van der Waals surface area contributed by atoms with Crippen molar-refractivity contribution in [3.63, 3.8) is 0 Å². The Morgan fingerprint density at radius 3 is 2.75 bits per heavy atom. The lowest BCUT2D eigenvalue weighted by molar-refractivity contribution is 0.611. The predicted octanol–water partition coefficient (Wildman–Crippen LogP) is 1.25. The number of nitrogens with zero attached hydrogens (tertiary/aromatic N) is 1. The van der Waals surface area contributed by atoms with Crippen LogP contribution in [0.3, 0.4) is 0 Å². The molecule has 1 aliphatic carbocycles. The van der Waals surface area contributed by atoms with Crippen LogP contribution in [0.2, 0.25) is 0 Å². The molecule has 1 fully saturated rings. The van der Waals surface area contributed by atoms with Crippen LogP contribution in [0.5, 0.6) is 0 Å². The van der Waals surface area contributed by atoms with Crippen LogP contribution < -0.4 is 5.73 Å². The third-order valence-corrected chi connectivity index (χ3v) is 2.21. The van der Waals surface area contributed by atoms with Gasteiger partial charge < -0.3 is 5.73 Å². The molecular formula is C9H11FN2. The Morgan fingerprint density at radius 2 is 2.25 bits per heavy atom. The highest BCUT2D eigenvalue weighted by atomic mass is 19.1. The topological polar surface area (TPSA) is 38.9 Å². The number of halogens is 1. The van der Waals surface area contributed by atoms with Gasteiger partial charge in [0.15, 0.2) is 0 Å². The van der Waals surface area contributed by atoms with Crippen molar-refractivity contribution in [2.45, 2.75) is 24.8 Å². The summed E-state index contributed by atoms with van der Waals surface area (Å²) in [5.41, 5.74) is 6.73. The standard InChI is InChI=1S/C9H11FN2/c10-7-1-2-8(12-6-7)5-9(11)3-4-9/h1-2,6H,3-5,11H2. The molecule has 0 bridgehead atoms. The predicted molar refractivity (Wildman–Crippen MR) is 44.1 cm³/mol. The minimum atomic E-state index is -0.291. The molecule has 0 aromatic carbocycles. The Labute approximate surface area is 70.6 Å². The van der Waals surface area contributed by atoms with Crippen LogP contribution in [0.15, 0.2) is 18.3 Å². The van der Waals surface area contributed by atoms with Gasteiger partial charge in [0.2, 0.25) is 0 Å². The molecule has 2 N–H and O–H groups in total. The maximum atomic E-state index is 12.4. The lowest BCUT2D eigenvalue weighted by Crippen LogP contribution is -2.24. The quantitative estimate of drug-likeness (QED) is 0.718. The van der Waals surface area contributed by atoms with E-state index in [1.165, 1.54) is 12.3 Å². The monoisotopic (exact) mass is 166 g/mol. The molecule has 0 aliphatic heterocycles. The summed E-state index contributed by atoms with van der Waals surface area (Å²) in [6.45, 7) is 0. The van der Waals surface area contributed by atoms with Gasteiger partial charge in [-0.2, -0.15) is 0 Å². The van der Waals surface area contributed by atoms with Crippen molar-refractivity contribution >= 4 is 0 Å². The molecule has 2 rings (SSSR count). The number of nitrogens with two attached hydrogens (primary N) is 1. The second-order valence-corrected chi connectivity index (χ2v) is 3.51. The van der Waals surface area contributed by atoms with E-state index in [-0.39, 0.29) is 11.4 Å². The van der Waals surface area contributed by atoms with Gasteiger partial charge in [0.05, 0.1) is 6.20 Å². The second-order valence-electron chi connectivity index (χ2n) is 3.51. The maximum Gasteiger partial charge on any atom is 0.141 e. The highest BCUT2D eigenvalue weighted by molar-refractivity contribution is 5.13. The van der Waals surface area contributed by atoms with Gasteiger partial charge >= 0.3 is 0 Å². The van der Waals surface area contributed by atoms with Crippen molar-refractivity contribution in [2.24, 2.45) is 5.73 Å². The summed E-state index contributed by atoms with van der Waals surface area (Å²) in [6, 6.07) is 3.12. The van der Waals surface area contributed by atoms with Gasteiger partial charge in [-0.05, 0) is 25.0 Å². The molecule has 0 unspecified atom stereocenters. The van der Waals surface area contributed by atoms with Gasteiger partial charge in [-0.3, -0.25) is 4.98 Å². The first-order valence-corrected chi connectivity index (χ1v) is 4.07. The highest BCUT2D eigenvalue weighted by Gasteiger charge is 2.38. The molecule has 0 radical (unpaired) electrons. The molecule has 0 amide bonds. The van der Waals surface area contributed by atoms with Gasteiger partial charge in [-0.1, -0.05) is 0 Å². The van der Waals surface area contributed by atoms with Crippen molar-refractivity contribution in [1.29, 1.82) is 0 Å². The molecule has 12 heavy (non-hydrogen) atoms. The van der Waals surface area contributed by atoms with E-state index in [1.54, 1.807) is 6.07 Å². The zero-order valence-electron chi connectivity index (χ0n) is 6.76. The molecule has 1 heterocycles. The van der Waals surface area contributed by atoms with Crippen molar-refractivity contribution < 1.29 is 4.39 Å². The fraction of sp³-hybridized carbons (Fsp3) is 0.444. The van der Waals surface area contributed by atoms with Gasteiger partial charge in [-0.25, -0.2) is 4.39 Å². The van der Waals surface area contributed by atoms with Crippen LogP contribution in [0.1, 0.15) is 18.5 Å². The fourth-order valence-corrected chi connectivity index (χ4v) is 1.21. The van der Waals surface area contributed by atoms with Crippen LogP contribution in [-0.4, -0.2) is 10.5 Å². The van der Waals surface area contributed by atoms with Crippen LogP contribution in [0.4, 0.5) is 4.39 Å². The van der Waals surface area contributed by atoms with E-state index < -0.39 is 0 Å². The first-order chi connectivity index (χ1) is 5.68. The average molecular weight is 166 g/mol. The molecule has 2 nitrogen and oxygen atoms in total. The molecule has 0 spiro atoms. The number of pyridine rings is 1. The summed E-state index contributed by atoms with van der Waals surface area (Å²) in [4.78, 5) is 3.95. The molecule has 1 aromatic rings. The summed E-state index contributed by atoms with van der Waals surface area (Å²) in [6.07, 6.45) is 4.13.